The summed E-state index contributed by atoms with van der Waals surface area (Å²) in [6.45, 7) is 9.69. The average Bonchev–Trinajstić information content (AvgIpc) is 2.81. The number of hydrogen-bond acceptors (Lipinski definition) is 3. The first-order chi connectivity index (χ1) is 10.1. The van der Waals surface area contributed by atoms with E-state index in [1.807, 2.05) is 25.1 Å². The van der Waals surface area contributed by atoms with Gasteiger partial charge in [0, 0.05) is 29.8 Å². The van der Waals surface area contributed by atoms with Crippen molar-refractivity contribution in [3.63, 3.8) is 0 Å². The van der Waals surface area contributed by atoms with Gasteiger partial charge in [0.1, 0.15) is 5.75 Å². The highest BCUT2D eigenvalue weighted by Gasteiger charge is 2.29. The van der Waals surface area contributed by atoms with E-state index in [0.717, 1.165) is 23.4 Å². The zero-order valence-electron chi connectivity index (χ0n) is 13.7. The Hall–Kier alpha value is -1.35. The predicted molar refractivity (Wildman–Crippen MR) is 85.9 cm³/mol. The molecule has 0 saturated carbocycles. The molecule has 116 valence electrons. The molecule has 1 saturated heterocycles. The summed E-state index contributed by atoms with van der Waals surface area (Å²) in [7, 11) is 0. The number of likely N-dealkylation sites (tertiary alicyclic amines) is 1. The van der Waals surface area contributed by atoms with Crippen LogP contribution in [0.15, 0.2) is 18.2 Å². The fraction of sp³-hybridized carbons (Fsp3) is 0.611. The van der Waals surface area contributed by atoms with Crippen molar-refractivity contribution in [2.75, 3.05) is 6.61 Å². The summed E-state index contributed by atoms with van der Waals surface area (Å²) in [4.78, 5) is 14.2. The van der Waals surface area contributed by atoms with Crippen molar-refractivity contribution in [1.29, 1.82) is 0 Å². The maximum Gasteiger partial charge on any atom is 0.159 e. The van der Waals surface area contributed by atoms with Crippen LogP contribution in [0.2, 0.25) is 0 Å². The van der Waals surface area contributed by atoms with Gasteiger partial charge >= 0.3 is 0 Å². The maximum atomic E-state index is 11.6. The third kappa shape index (κ3) is 3.65. The molecule has 1 aromatic rings. The first kappa shape index (κ1) is 16.0. The smallest absolute Gasteiger partial charge is 0.159 e. The van der Waals surface area contributed by atoms with Gasteiger partial charge in [0.25, 0.3) is 0 Å². The van der Waals surface area contributed by atoms with Crippen molar-refractivity contribution in [1.82, 2.24) is 4.90 Å². The number of ether oxygens (including phenoxy) is 1. The van der Waals surface area contributed by atoms with Gasteiger partial charge in [0.05, 0.1) is 6.61 Å². The predicted octanol–water partition coefficient (Wildman–Crippen LogP) is 4.05. The van der Waals surface area contributed by atoms with Crippen LogP contribution >= 0.6 is 0 Å². The molecule has 0 radical (unpaired) electrons. The van der Waals surface area contributed by atoms with Crippen LogP contribution in [0.25, 0.3) is 0 Å². The van der Waals surface area contributed by atoms with Crippen molar-refractivity contribution in [2.24, 2.45) is 0 Å². The summed E-state index contributed by atoms with van der Waals surface area (Å²) in [5, 5.41) is 0. The summed E-state index contributed by atoms with van der Waals surface area (Å²) in [5.41, 5.74) is 1.91. The van der Waals surface area contributed by atoms with E-state index in [0.29, 0.717) is 18.7 Å². The second-order valence-electron chi connectivity index (χ2n) is 5.97. The average molecular weight is 289 g/mol. The number of nitrogens with zero attached hydrogens (tertiary/aromatic N) is 1. The molecule has 0 N–H and O–H groups in total. The minimum absolute atomic E-state index is 0.112. The topological polar surface area (TPSA) is 29.5 Å². The van der Waals surface area contributed by atoms with E-state index in [1.54, 1.807) is 6.92 Å². The van der Waals surface area contributed by atoms with Crippen LogP contribution in [-0.4, -0.2) is 29.4 Å². The monoisotopic (exact) mass is 289 g/mol. The molecule has 0 amide bonds. The lowest BCUT2D eigenvalue weighted by Crippen LogP contribution is -2.33. The first-order valence-corrected chi connectivity index (χ1v) is 8.09. The van der Waals surface area contributed by atoms with Gasteiger partial charge in [-0.1, -0.05) is 6.92 Å². The molecule has 21 heavy (non-hydrogen) atoms. The largest absolute Gasteiger partial charge is 0.494 e. The van der Waals surface area contributed by atoms with Crippen molar-refractivity contribution >= 4 is 5.78 Å². The van der Waals surface area contributed by atoms with Crippen molar-refractivity contribution in [3.05, 3.63) is 29.3 Å². The van der Waals surface area contributed by atoms with Crippen molar-refractivity contribution < 1.29 is 9.53 Å². The first-order valence-electron chi connectivity index (χ1n) is 8.09. The third-order valence-electron chi connectivity index (χ3n) is 4.54. The van der Waals surface area contributed by atoms with Crippen LogP contribution in [-0.2, 0) is 6.54 Å². The van der Waals surface area contributed by atoms with Crippen LogP contribution in [0.5, 0.6) is 5.75 Å². The maximum absolute atomic E-state index is 11.6. The van der Waals surface area contributed by atoms with Crippen molar-refractivity contribution in [3.8, 4) is 5.75 Å². The molecule has 0 aromatic heterocycles. The van der Waals surface area contributed by atoms with E-state index in [9.17, 15) is 4.79 Å². The molecule has 2 rings (SSSR count). The number of carbonyl (C=O) groups is 1. The minimum Gasteiger partial charge on any atom is -0.494 e. The lowest BCUT2D eigenvalue weighted by Gasteiger charge is -2.28. The summed E-state index contributed by atoms with van der Waals surface area (Å²) in [6.07, 6.45) is 3.71. The van der Waals surface area contributed by atoms with E-state index < -0.39 is 0 Å². The molecular formula is C18H27NO2. The lowest BCUT2D eigenvalue weighted by atomic mass is 10.1. The van der Waals surface area contributed by atoms with Crippen LogP contribution in [0, 0.1) is 0 Å². The lowest BCUT2D eigenvalue weighted by molar-refractivity contribution is 0.101. The molecule has 3 nitrogen and oxygen atoms in total. The van der Waals surface area contributed by atoms with Gasteiger partial charge in [-0.3, -0.25) is 9.69 Å². The molecule has 1 aromatic carbocycles. The van der Waals surface area contributed by atoms with E-state index in [2.05, 4.69) is 18.7 Å². The number of hydrogen-bond donors (Lipinski definition) is 0. The number of Topliss-reactive ketones (excluding diaryl/α,β-unsaturated/α-hetero) is 1. The highest BCUT2D eigenvalue weighted by molar-refractivity contribution is 5.94. The Morgan fingerprint density at radius 1 is 1.33 bits per heavy atom. The molecular weight excluding hydrogens is 262 g/mol. The summed E-state index contributed by atoms with van der Waals surface area (Å²) < 4.78 is 5.75. The summed E-state index contributed by atoms with van der Waals surface area (Å²) >= 11 is 0. The molecule has 1 aliphatic heterocycles. The Bertz CT molecular complexity index is 498. The fourth-order valence-electron chi connectivity index (χ4n) is 3.26. The van der Waals surface area contributed by atoms with Gasteiger partial charge in [-0.2, -0.15) is 0 Å². The third-order valence-corrected chi connectivity index (χ3v) is 4.54. The summed E-state index contributed by atoms with van der Waals surface area (Å²) in [6, 6.07) is 7.06. The van der Waals surface area contributed by atoms with E-state index >= 15 is 0 Å². The second kappa shape index (κ2) is 7.08. The molecule has 1 fully saturated rings. The molecule has 0 bridgehead atoms. The molecule has 1 aliphatic rings. The van der Waals surface area contributed by atoms with E-state index in [-0.39, 0.29) is 5.78 Å². The Labute approximate surface area is 128 Å². The zero-order valence-corrected chi connectivity index (χ0v) is 13.7. The highest BCUT2D eigenvalue weighted by Crippen LogP contribution is 2.31. The van der Waals surface area contributed by atoms with Crippen LogP contribution in [0.4, 0.5) is 0 Å². The SMILES string of the molecule is CCOc1ccc(C(C)=O)cc1CN1C(C)CCC1CC. The number of ketones is 1. The van der Waals surface area contributed by atoms with E-state index in [4.69, 9.17) is 4.74 Å². The molecule has 2 unspecified atom stereocenters. The normalized spacial score (nSPS) is 22.5. The number of rotatable bonds is 6. The molecule has 3 heteroatoms. The van der Waals surface area contributed by atoms with Gasteiger partial charge in [0.2, 0.25) is 0 Å². The van der Waals surface area contributed by atoms with Crippen LogP contribution in [0.3, 0.4) is 0 Å². The number of carbonyl (C=O) groups excluding carboxylic acids is 1. The van der Waals surface area contributed by atoms with Crippen LogP contribution in [0.1, 0.15) is 62.9 Å². The standard InChI is InChI=1S/C18H27NO2/c1-5-17-9-7-13(3)19(17)12-16-11-15(14(4)20)8-10-18(16)21-6-2/h8,10-11,13,17H,5-7,9,12H2,1-4H3. The van der Waals surface area contributed by atoms with Gasteiger partial charge in [0.15, 0.2) is 5.78 Å². The van der Waals surface area contributed by atoms with Gasteiger partial charge in [-0.15, -0.1) is 0 Å². The van der Waals surface area contributed by atoms with Gasteiger partial charge in [-0.25, -0.2) is 0 Å². The second-order valence-corrected chi connectivity index (χ2v) is 5.97. The molecule has 1 heterocycles. The summed E-state index contributed by atoms with van der Waals surface area (Å²) in [5.74, 6) is 1.03. The molecule has 2 atom stereocenters. The zero-order chi connectivity index (χ0) is 15.4. The molecule has 0 aliphatic carbocycles. The van der Waals surface area contributed by atoms with Crippen molar-refractivity contribution in [2.45, 2.75) is 65.6 Å². The Kier molecular flexibility index (Phi) is 5.40. The van der Waals surface area contributed by atoms with E-state index in [1.165, 1.54) is 19.3 Å². The Balaban J connectivity index is 2.27. The van der Waals surface area contributed by atoms with Crippen LogP contribution < -0.4 is 4.74 Å². The fourth-order valence-corrected chi connectivity index (χ4v) is 3.26. The molecule has 0 spiro atoms. The van der Waals surface area contributed by atoms with Gasteiger partial charge < -0.3 is 4.74 Å². The quantitative estimate of drug-likeness (QED) is 0.740. The number of benzene rings is 1. The Morgan fingerprint density at radius 3 is 2.71 bits per heavy atom. The Morgan fingerprint density at radius 2 is 2.10 bits per heavy atom. The highest BCUT2D eigenvalue weighted by atomic mass is 16.5. The van der Waals surface area contributed by atoms with Gasteiger partial charge in [-0.05, 0) is 58.2 Å². The minimum atomic E-state index is 0.112.